The number of urea groups is 1. The molecule has 2 aliphatic rings. The Labute approximate surface area is 101 Å². The minimum atomic E-state index is -0.981. The second-order valence-electron chi connectivity index (χ2n) is 5.44. The van der Waals surface area contributed by atoms with Crippen LogP contribution in [0.4, 0.5) is 4.79 Å². The third-order valence-corrected chi connectivity index (χ3v) is 3.87. The van der Waals surface area contributed by atoms with Crippen LogP contribution in [0.1, 0.15) is 45.4 Å². The molecule has 0 saturated heterocycles. The maximum absolute atomic E-state index is 11.6. The number of hydrogen-bond acceptors (Lipinski definition) is 2. The Morgan fingerprint density at radius 3 is 2.29 bits per heavy atom. The average Bonchev–Trinajstić information content (AvgIpc) is 3.13. The highest BCUT2D eigenvalue weighted by Crippen LogP contribution is 2.48. The van der Waals surface area contributed by atoms with Gasteiger partial charge in [0.2, 0.25) is 0 Å². The van der Waals surface area contributed by atoms with Gasteiger partial charge < -0.3 is 15.7 Å². The van der Waals surface area contributed by atoms with E-state index >= 15 is 0 Å². The normalized spacial score (nSPS) is 22.6. The van der Waals surface area contributed by atoms with E-state index in [2.05, 4.69) is 17.6 Å². The lowest BCUT2D eigenvalue weighted by atomic mass is 10.0. The molecule has 0 spiro atoms. The predicted molar refractivity (Wildman–Crippen MR) is 62.7 cm³/mol. The lowest BCUT2D eigenvalue weighted by molar-refractivity contribution is -0.140. The monoisotopic (exact) mass is 240 g/mol. The van der Waals surface area contributed by atoms with E-state index in [0.717, 1.165) is 12.8 Å². The van der Waals surface area contributed by atoms with E-state index in [4.69, 9.17) is 5.11 Å². The zero-order valence-electron chi connectivity index (χ0n) is 10.2. The molecule has 2 saturated carbocycles. The van der Waals surface area contributed by atoms with Gasteiger partial charge in [-0.1, -0.05) is 13.3 Å². The molecule has 0 unspecified atom stereocenters. The number of carboxylic acids is 1. The molecule has 0 bridgehead atoms. The SMILES string of the molecule is CCCC1(CNC(=O)NC2(C(=O)O)CC2)CC1. The molecule has 2 aliphatic carbocycles. The number of carbonyl (C=O) groups is 2. The molecule has 0 aromatic carbocycles. The third-order valence-electron chi connectivity index (χ3n) is 3.87. The summed E-state index contributed by atoms with van der Waals surface area (Å²) in [5.74, 6) is -0.928. The minimum Gasteiger partial charge on any atom is -0.480 e. The van der Waals surface area contributed by atoms with Crippen LogP contribution in [0, 0.1) is 5.41 Å². The van der Waals surface area contributed by atoms with Gasteiger partial charge in [-0.25, -0.2) is 9.59 Å². The molecule has 2 amide bonds. The number of rotatable bonds is 6. The van der Waals surface area contributed by atoms with E-state index in [1.54, 1.807) is 0 Å². The van der Waals surface area contributed by atoms with E-state index in [9.17, 15) is 9.59 Å². The number of aliphatic carboxylic acids is 1. The molecular formula is C12H20N2O3. The van der Waals surface area contributed by atoms with Gasteiger partial charge in [-0.05, 0) is 37.5 Å². The van der Waals surface area contributed by atoms with Crippen LogP contribution < -0.4 is 10.6 Å². The predicted octanol–water partition coefficient (Wildman–Crippen LogP) is 1.48. The number of carboxylic acid groups (broad SMARTS) is 1. The summed E-state index contributed by atoms with van der Waals surface area (Å²) in [7, 11) is 0. The summed E-state index contributed by atoms with van der Waals surface area (Å²) in [6, 6.07) is -0.340. The molecule has 0 atom stereocenters. The Hall–Kier alpha value is -1.26. The fourth-order valence-electron chi connectivity index (χ4n) is 2.27. The summed E-state index contributed by atoms with van der Waals surface area (Å²) >= 11 is 0. The first-order valence-corrected chi connectivity index (χ1v) is 6.31. The van der Waals surface area contributed by atoms with E-state index in [1.165, 1.54) is 12.8 Å². The van der Waals surface area contributed by atoms with Crippen LogP contribution >= 0.6 is 0 Å². The van der Waals surface area contributed by atoms with Gasteiger partial charge in [-0.2, -0.15) is 0 Å². The summed E-state index contributed by atoms with van der Waals surface area (Å²) in [6.07, 6.45) is 5.68. The maximum Gasteiger partial charge on any atom is 0.329 e. The van der Waals surface area contributed by atoms with Gasteiger partial charge in [0.25, 0.3) is 0 Å². The first-order chi connectivity index (χ1) is 8.02. The van der Waals surface area contributed by atoms with E-state index in [0.29, 0.717) is 24.8 Å². The van der Waals surface area contributed by atoms with Crippen molar-refractivity contribution in [1.82, 2.24) is 10.6 Å². The Balaban J connectivity index is 1.73. The van der Waals surface area contributed by atoms with Gasteiger partial charge in [0.1, 0.15) is 5.54 Å². The zero-order valence-corrected chi connectivity index (χ0v) is 10.2. The van der Waals surface area contributed by atoms with Gasteiger partial charge in [0.15, 0.2) is 0 Å². The minimum absolute atomic E-state index is 0.298. The standard InChI is InChI=1S/C12H20N2O3/c1-2-3-11(4-5-11)8-13-10(17)14-12(6-7-12)9(15)16/h2-8H2,1H3,(H,15,16)(H2,13,14,17). The summed E-state index contributed by atoms with van der Waals surface area (Å²) < 4.78 is 0. The topological polar surface area (TPSA) is 78.4 Å². The quantitative estimate of drug-likeness (QED) is 0.658. The molecule has 0 aromatic heterocycles. The Bertz CT molecular complexity index is 333. The van der Waals surface area contributed by atoms with Gasteiger partial charge in [0.05, 0.1) is 0 Å². The van der Waals surface area contributed by atoms with E-state index < -0.39 is 11.5 Å². The molecule has 2 rings (SSSR count). The van der Waals surface area contributed by atoms with Crippen LogP contribution in [-0.2, 0) is 4.79 Å². The summed E-state index contributed by atoms with van der Waals surface area (Å²) in [6.45, 7) is 2.81. The summed E-state index contributed by atoms with van der Waals surface area (Å²) in [4.78, 5) is 22.5. The maximum atomic E-state index is 11.6. The van der Waals surface area contributed by atoms with Gasteiger partial charge in [-0.3, -0.25) is 0 Å². The highest BCUT2D eigenvalue weighted by Gasteiger charge is 2.52. The van der Waals surface area contributed by atoms with Crippen molar-refractivity contribution < 1.29 is 14.7 Å². The summed E-state index contributed by atoms with van der Waals surface area (Å²) in [5, 5.41) is 14.3. The van der Waals surface area contributed by atoms with Crippen LogP contribution in [0.5, 0.6) is 0 Å². The Morgan fingerprint density at radius 2 is 1.88 bits per heavy atom. The number of carbonyl (C=O) groups excluding carboxylic acids is 1. The second-order valence-corrected chi connectivity index (χ2v) is 5.44. The van der Waals surface area contributed by atoms with Crippen LogP contribution in [0.3, 0.4) is 0 Å². The number of hydrogen-bond donors (Lipinski definition) is 3. The molecule has 2 fully saturated rings. The van der Waals surface area contributed by atoms with Crippen molar-refractivity contribution in [2.45, 2.75) is 51.0 Å². The van der Waals surface area contributed by atoms with Crippen molar-refractivity contribution in [2.24, 2.45) is 5.41 Å². The van der Waals surface area contributed by atoms with Gasteiger partial charge in [0, 0.05) is 6.54 Å². The highest BCUT2D eigenvalue weighted by atomic mass is 16.4. The average molecular weight is 240 g/mol. The van der Waals surface area contributed by atoms with Crippen molar-refractivity contribution in [3.63, 3.8) is 0 Å². The molecule has 0 aromatic rings. The van der Waals surface area contributed by atoms with Crippen LogP contribution in [0.25, 0.3) is 0 Å². The van der Waals surface area contributed by atoms with Crippen molar-refractivity contribution in [2.75, 3.05) is 6.54 Å². The van der Waals surface area contributed by atoms with Crippen molar-refractivity contribution in [3.8, 4) is 0 Å². The molecule has 5 heteroatoms. The van der Waals surface area contributed by atoms with Crippen LogP contribution in [0.2, 0.25) is 0 Å². The van der Waals surface area contributed by atoms with Crippen molar-refractivity contribution in [1.29, 1.82) is 0 Å². The Kier molecular flexibility index (Phi) is 3.02. The first kappa shape index (κ1) is 12.2. The van der Waals surface area contributed by atoms with Gasteiger partial charge >= 0.3 is 12.0 Å². The highest BCUT2D eigenvalue weighted by molar-refractivity contribution is 5.88. The molecule has 3 N–H and O–H groups in total. The lowest BCUT2D eigenvalue weighted by Crippen LogP contribution is -2.49. The first-order valence-electron chi connectivity index (χ1n) is 6.31. The molecule has 0 aliphatic heterocycles. The molecule has 0 radical (unpaired) electrons. The van der Waals surface area contributed by atoms with Gasteiger partial charge in [-0.15, -0.1) is 0 Å². The number of nitrogens with one attached hydrogen (secondary N) is 2. The van der Waals surface area contributed by atoms with E-state index in [-0.39, 0.29) is 6.03 Å². The number of amides is 2. The summed E-state index contributed by atoms with van der Waals surface area (Å²) in [5.41, 5.74) is -0.683. The molecule has 5 nitrogen and oxygen atoms in total. The van der Waals surface area contributed by atoms with Crippen molar-refractivity contribution >= 4 is 12.0 Å². The third kappa shape index (κ3) is 2.70. The Morgan fingerprint density at radius 1 is 1.24 bits per heavy atom. The largest absolute Gasteiger partial charge is 0.480 e. The fourth-order valence-corrected chi connectivity index (χ4v) is 2.27. The van der Waals surface area contributed by atoms with Crippen molar-refractivity contribution in [3.05, 3.63) is 0 Å². The second kappa shape index (κ2) is 4.20. The zero-order chi connectivity index (χ0) is 12.5. The molecule has 96 valence electrons. The fraction of sp³-hybridized carbons (Fsp3) is 0.833. The lowest BCUT2D eigenvalue weighted by Gasteiger charge is -2.17. The molecular weight excluding hydrogens is 220 g/mol. The molecule has 17 heavy (non-hydrogen) atoms. The smallest absolute Gasteiger partial charge is 0.329 e. The van der Waals surface area contributed by atoms with Crippen LogP contribution in [-0.4, -0.2) is 29.2 Å². The molecule has 0 heterocycles. The van der Waals surface area contributed by atoms with Crippen LogP contribution in [0.15, 0.2) is 0 Å². The van der Waals surface area contributed by atoms with E-state index in [1.807, 2.05) is 0 Å².